The molecule has 8 heteroatoms. The molecule has 0 saturated carbocycles. The molecule has 1 N–H and O–H groups in total. The Balaban J connectivity index is 2.35. The first kappa shape index (κ1) is 23.1. The number of nitrogens with one attached hydrogen (secondary N) is 1. The topological polar surface area (TPSA) is 80.3 Å². The van der Waals surface area contributed by atoms with Crippen molar-refractivity contribution in [3.05, 3.63) is 23.8 Å². The van der Waals surface area contributed by atoms with Crippen LogP contribution < -0.4 is 10.1 Å². The van der Waals surface area contributed by atoms with E-state index in [1.165, 1.54) is 7.11 Å². The molecule has 3 atom stereocenters. The van der Waals surface area contributed by atoms with E-state index in [0.29, 0.717) is 30.2 Å². The molecule has 0 radical (unpaired) electrons. The van der Waals surface area contributed by atoms with Gasteiger partial charge >= 0.3 is 0 Å². The van der Waals surface area contributed by atoms with Crippen LogP contribution >= 0.6 is 0 Å². The number of amides is 2. The van der Waals surface area contributed by atoms with E-state index < -0.39 is 0 Å². The van der Waals surface area contributed by atoms with E-state index in [0.717, 1.165) is 6.54 Å². The molecule has 0 aliphatic carbocycles. The molecule has 1 aromatic rings. The number of fused-ring (bicyclic) bond motifs is 1. The quantitative estimate of drug-likeness (QED) is 0.819. The Kier molecular flexibility index (Phi) is 8.43. The molecule has 0 unspecified atom stereocenters. The van der Waals surface area contributed by atoms with Crippen molar-refractivity contribution in [3.63, 3.8) is 0 Å². The maximum atomic E-state index is 13.1. The van der Waals surface area contributed by atoms with Gasteiger partial charge in [-0.05, 0) is 32.0 Å². The molecule has 0 spiro atoms. The molecule has 2 rings (SSSR count). The lowest BCUT2D eigenvalue weighted by molar-refractivity contribution is -0.119. The molecule has 0 bridgehead atoms. The van der Waals surface area contributed by atoms with Gasteiger partial charge in [0.1, 0.15) is 19.0 Å². The fourth-order valence-electron chi connectivity index (χ4n) is 3.36. The molecule has 2 amide bonds. The van der Waals surface area contributed by atoms with Crippen LogP contribution in [0.3, 0.4) is 0 Å². The summed E-state index contributed by atoms with van der Waals surface area (Å²) in [4.78, 5) is 28.8. The number of anilines is 1. The van der Waals surface area contributed by atoms with Gasteiger partial charge in [-0.2, -0.15) is 0 Å². The first-order valence-electron chi connectivity index (χ1n) is 9.80. The number of hydrogen-bond donors (Lipinski definition) is 1. The van der Waals surface area contributed by atoms with E-state index in [2.05, 4.69) is 31.1 Å². The van der Waals surface area contributed by atoms with Crippen LogP contribution in [0.2, 0.25) is 0 Å². The third-order valence-corrected chi connectivity index (χ3v) is 5.32. The van der Waals surface area contributed by atoms with Crippen molar-refractivity contribution in [3.8, 4) is 5.75 Å². The lowest BCUT2D eigenvalue weighted by atomic mass is 10.0. The summed E-state index contributed by atoms with van der Waals surface area (Å²) < 4.78 is 16.5. The van der Waals surface area contributed by atoms with Crippen molar-refractivity contribution in [2.45, 2.75) is 26.0 Å². The maximum Gasteiger partial charge on any atom is 0.257 e. The van der Waals surface area contributed by atoms with Crippen LogP contribution in [-0.4, -0.2) is 88.4 Å². The summed E-state index contributed by atoms with van der Waals surface area (Å²) in [6.07, 6.45) is -0.0741. The molecule has 0 aromatic heterocycles. The first-order chi connectivity index (χ1) is 13.8. The van der Waals surface area contributed by atoms with Crippen LogP contribution in [0, 0.1) is 5.92 Å². The Morgan fingerprint density at radius 3 is 2.62 bits per heavy atom. The van der Waals surface area contributed by atoms with E-state index in [1.807, 2.05) is 0 Å². The maximum absolute atomic E-state index is 13.1. The highest BCUT2D eigenvalue weighted by molar-refractivity contribution is 5.98. The van der Waals surface area contributed by atoms with Crippen LogP contribution in [0.5, 0.6) is 5.75 Å². The summed E-state index contributed by atoms with van der Waals surface area (Å²) in [5.41, 5.74) is 1.01. The molecule has 1 aliphatic rings. The van der Waals surface area contributed by atoms with Crippen molar-refractivity contribution >= 4 is 17.5 Å². The average molecular weight is 408 g/mol. The zero-order valence-corrected chi connectivity index (χ0v) is 18.2. The summed E-state index contributed by atoms with van der Waals surface area (Å²) in [6.45, 7) is 5.89. The second kappa shape index (κ2) is 10.6. The Hall–Kier alpha value is -2.16. The van der Waals surface area contributed by atoms with Gasteiger partial charge in [-0.15, -0.1) is 0 Å². The summed E-state index contributed by atoms with van der Waals surface area (Å²) in [6, 6.07) is 5.20. The number of nitrogens with zero attached hydrogens (tertiary/aromatic N) is 2. The number of methoxy groups -OCH3 is 2. The van der Waals surface area contributed by atoms with Gasteiger partial charge in [-0.25, -0.2) is 0 Å². The first-order valence-corrected chi connectivity index (χ1v) is 9.80. The van der Waals surface area contributed by atoms with Gasteiger partial charge in [0.25, 0.3) is 5.91 Å². The minimum absolute atomic E-state index is 0.0436. The standard InChI is InChI=1S/C21H33N3O5/c1-14-10-23(3)15(2)12-29-18-9-16(22-20(25)13-27-5)7-8-17(18)21(26)24(4)11-19(14)28-6/h7-9,14-15,19H,10-13H2,1-6H3,(H,22,25)/t14-,15-,19-/m1/s1. The zero-order valence-electron chi connectivity index (χ0n) is 18.2. The smallest absolute Gasteiger partial charge is 0.257 e. The second-order valence-electron chi connectivity index (χ2n) is 7.73. The number of benzene rings is 1. The van der Waals surface area contributed by atoms with Crippen molar-refractivity contribution in [1.82, 2.24) is 9.80 Å². The zero-order chi connectivity index (χ0) is 21.6. The minimum Gasteiger partial charge on any atom is -0.491 e. The third-order valence-electron chi connectivity index (χ3n) is 5.32. The number of rotatable bonds is 4. The highest BCUT2D eigenvalue weighted by atomic mass is 16.5. The highest BCUT2D eigenvalue weighted by Crippen LogP contribution is 2.26. The van der Waals surface area contributed by atoms with Gasteiger partial charge in [-0.3, -0.25) is 14.5 Å². The molecular formula is C21H33N3O5. The molecular weight excluding hydrogens is 374 g/mol. The van der Waals surface area contributed by atoms with Crippen molar-refractivity contribution in [1.29, 1.82) is 0 Å². The van der Waals surface area contributed by atoms with Crippen LogP contribution in [0.4, 0.5) is 5.69 Å². The summed E-state index contributed by atoms with van der Waals surface area (Å²) in [5.74, 6) is 0.277. The van der Waals surface area contributed by atoms with Crippen molar-refractivity contribution in [2.75, 3.05) is 59.9 Å². The van der Waals surface area contributed by atoms with Crippen molar-refractivity contribution < 1.29 is 23.8 Å². The summed E-state index contributed by atoms with van der Waals surface area (Å²) in [5, 5.41) is 2.75. The Morgan fingerprint density at radius 2 is 1.97 bits per heavy atom. The second-order valence-corrected chi connectivity index (χ2v) is 7.73. The van der Waals surface area contributed by atoms with Gasteiger partial charge in [0.2, 0.25) is 5.91 Å². The molecule has 0 fully saturated rings. The molecule has 1 aromatic carbocycles. The normalized spacial score (nSPS) is 24.1. The van der Waals surface area contributed by atoms with E-state index in [-0.39, 0.29) is 36.5 Å². The largest absolute Gasteiger partial charge is 0.491 e. The highest BCUT2D eigenvalue weighted by Gasteiger charge is 2.27. The number of ether oxygens (including phenoxy) is 3. The van der Waals surface area contributed by atoms with Gasteiger partial charge < -0.3 is 24.4 Å². The van der Waals surface area contributed by atoms with Gasteiger partial charge in [0, 0.05) is 52.2 Å². The molecule has 29 heavy (non-hydrogen) atoms. The minimum atomic E-state index is -0.269. The Labute approximate surface area is 173 Å². The van der Waals surface area contributed by atoms with E-state index in [9.17, 15) is 9.59 Å². The monoisotopic (exact) mass is 407 g/mol. The average Bonchev–Trinajstić information content (AvgIpc) is 2.68. The fraction of sp³-hybridized carbons (Fsp3) is 0.619. The van der Waals surface area contributed by atoms with Crippen LogP contribution in [-0.2, 0) is 14.3 Å². The van der Waals surface area contributed by atoms with Crippen LogP contribution in [0.1, 0.15) is 24.2 Å². The predicted molar refractivity (Wildman–Crippen MR) is 111 cm³/mol. The SMILES string of the molecule is COCC(=O)Nc1ccc2c(c1)OC[C@@H](C)N(C)C[C@@H](C)[C@H](OC)CN(C)C2=O. The Morgan fingerprint density at radius 1 is 1.24 bits per heavy atom. The van der Waals surface area contributed by atoms with E-state index in [4.69, 9.17) is 14.2 Å². The molecule has 0 saturated heterocycles. The Bertz CT molecular complexity index is 712. The lowest BCUT2D eigenvalue weighted by Crippen LogP contribution is -2.45. The lowest BCUT2D eigenvalue weighted by Gasteiger charge is -2.34. The summed E-state index contributed by atoms with van der Waals surface area (Å²) in [7, 11) is 6.96. The number of hydrogen-bond acceptors (Lipinski definition) is 6. The van der Waals surface area contributed by atoms with Crippen molar-refractivity contribution in [2.24, 2.45) is 5.92 Å². The van der Waals surface area contributed by atoms with E-state index >= 15 is 0 Å². The number of carbonyl (C=O) groups excluding carboxylic acids is 2. The number of carbonyl (C=O) groups is 2. The molecule has 162 valence electrons. The molecule has 1 heterocycles. The predicted octanol–water partition coefficient (Wildman–Crippen LogP) is 1.71. The number of likely N-dealkylation sites (N-methyl/N-ethyl adjacent to an activating group) is 2. The van der Waals surface area contributed by atoms with Gasteiger partial charge in [0.15, 0.2) is 0 Å². The van der Waals surface area contributed by atoms with Gasteiger partial charge in [0.05, 0.1) is 11.7 Å². The fourth-order valence-corrected chi connectivity index (χ4v) is 3.36. The summed E-state index contributed by atoms with van der Waals surface area (Å²) >= 11 is 0. The third kappa shape index (κ3) is 6.16. The van der Waals surface area contributed by atoms with Crippen LogP contribution in [0.15, 0.2) is 18.2 Å². The molecule has 8 nitrogen and oxygen atoms in total. The van der Waals surface area contributed by atoms with Gasteiger partial charge in [-0.1, -0.05) is 6.92 Å². The molecule has 1 aliphatic heterocycles. The van der Waals surface area contributed by atoms with E-state index in [1.54, 1.807) is 37.3 Å². The van der Waals surface area contributed by atoms with Crippen LogP contribution in [0.25, 0.3) is 0 Å².